The number of amides is 1. The van der Waals surface area contributed by atoms with Gasteiger partial charge in [0.1, 0.15) is 12.3 Å². The van der Waals surface area contributed by atoms with Crippen LogP contribution < -0.4 is 10.5 Å². The topological polar surface area (TPSA) is 114 Å². The number of carbonyl (C=O) groups is 1. The minimum absolute atomic E-state index is 0.0459. The van der Waals surface area contributed by atoms with Crippen LogP contribution in [0.25, 0.3) is 28.2 Å². The molecule has 0 unspecified atom stereocenters. The maximum Gasteiger partial charge on any atom is 0.250 e. The van der Waals surface area contributed by atoms with Gasteiger partial charge in [0.05, 0.1) is 6.10 Å². The van der Waals surface area contributed by atoms with E-state index in [4.69, 9.17) is 10.5 Å². The first-order chi connectivity index (χ1) is 12.4. The fraction of sp³-hybridized carbons (Fsp3) is 0.167. The summed E-state index contributed by atoms with van der Waals surface area (Å²) in [7, 11) is 0. The van der Waals surface area contributed by atoms with Crippen molar-refractivity contribution in [2.45, 2.75) is 13.0 Å². The van der Waals surface area contributed by atoms with Gasteiger partial charge in [-0.1, -0.05) is 0 Å². The van der Waals surface area contributed by atoms with Crippen LogP contribution in [-0.4, -0.2) is 38.7 Å². The number of aromatic nitrogens is 3. The first-order valence-electron chi connectivity index (χ1n) is 7.85. The lowest BCUT2D eigenvalue weighted by atomic mass is 10.1. The molecule has 134 valence electrons. The van der Waals surface area contributed by atoms with Crippen LogP contribution in [0.15, 0.2) is 36.8 Å². The zero-order valence-electron chi connectivity index (χ0n) is 13.9. The fourth-order valence-electron chi connectivity index (χ4n) is 2.38. The van der Waals surface area contributed by atoms with Crippen molar-refractivity contribution in [3.63, 3.8) is 0 Å². The van der Waals surface area contributed by atoms with Crippen molar-refractivity contribution >= 4 is 23.0 Å². The summed E-state index contributed by atoms with van der Waals surface area (Å²) < 4.78 is 19.3. The summed E-state index contributed by atoms with van der Waals surface area (Å²) in [6, 6.07) is 3.10. The Morgan fingerprint density at radius 1 is 1.38 bits per heavy atom. The molecule has 0 saturated carbocycles. The monoisotopic (exact) mass is 356 g/mol. The van der Waals surface area contributed by atoms with Crippen LogP contribution >= 0.6 is 0 Å². The Morgan fingerprint density at radius 2 is 2.12 bits per heavy atom. The second-order valence-electron chi connectivity index (χ2n) is 5.77. The molecule has 8 heteroatoms. The molecule has 0 aromatic carbocycles. The second kappa shape index (κ2) is 7.32. The van der Waals surface area contributed by atoms with E-state index < -0.39 is 17.8 Å². The highest BCUT2D eigenvalue weighted by Gasteiger charge is 2.11. The Kier molecular flexibility index (Phi) is 4.94. The molecule has 3 heterocycles. The molecule has 3 rings (SSSR count). The Hall–Kier alpha value is -3.26. The molecular formula is C18H17FN4O3. The van der Waals surface area contributed by atoms with E-state index in [1.165, 1.54) is 25.3 Å². The first-order valence-corrected chi connectivity index (χ1v) is 7.85. The van der Waals surface area contributed by atoms with Crippen LogP contribution in [0, 0.1) is 5.82 Å². The number of carbonyl (C=O) groups excluding carboxylic acids is 1. The number of H-pyrrole nitrogens is 1. The third-order valence-corrected chi connectivity index (χ3v) is 3.59. The minimum atomic E-state index is -0.719. The number of nitrogens with zero attached hydrogens (tertiary/aromatic N) is 2. The maximum absolute atomic E-state index is 14.2. The maximum atomic E-state index is 14.2. The van der Waals surface area contributed by atoms with Crippen molar-refractivity contribution < 1.29 is 19.0 Å². The van der Waals surface area contributed by atoms with Gasteiger partial charge in [-0.3, -0.25) is 4.79 Å². The third kappa shape index (κ3) is 3.86. The Morgan fingerprint density at radius 3 is 2.81 bits per heavy atom. The van der Waals surface area contributed by atoms with E-state index in [2.05, 4.69) is 15.0 Å². The summed E-state index contributed by atoms with van der Waals surface area (Å²) >= 11 is 0. The molecule has 0 aliphatic carbocycles. The second-order valence-corrected chi connectivity index (χ2v) is 5.77. The predicted molar refractivity (Wildman–Crippen MR) is 94.7 cm³/mol. The summed E-state index contributed by atoms with van der Waals surface area (Å²) in [6.07, 6.45) is 6.88. The van der Waals surface area contributed by atoms with Crippen molar-refractivity contribution in [3.05, 3.63) is 48.2 Å². The number of aromatic amines is 1. The Bertz CT molecular complexity index is 982. The van der Waals surface area contributed by atoms with E-state index in [1.54, 1.807) is 18.5 Å². The molecule has 7 nitrogen and oxygen atoms in total. The summed E-state index contributed by atoms with van der Waals surface area (Å²) in [5, 5.41) is 9.96. The lowest BCUT2D eigenvalue weighted by Crippen LogP contribution is -2.14. The van der Waals surface area contributed by atoms with Gasteiger partial charge in [-0.15, -0.1) is 0 Å². The van der Waals surface area contributed by atoms with Gasteiger partial charge in [0.15, 0.2) is 5.82 Å². The average Bonchev–Trinajstić information content (AvgIpc) is 3.01. The fourth-order valence-corrected chi connectivity index (χ4v) is 2.38. The molecule has 1 amide bonds. The van der Waals surface area contributed by atoms with Gasteiger partial charge in [0.25, 0.3) is 0 Å². The normalized spacial score (nSPS) is 12.6. The smallest absolute Gasteiger partial charge is 0.250 e. The number of fused-ring (bicyclic) bond motifs is 1. The number of hydrogen-bond donors (Lipinski definition) is 3. The molecule has 0 fully saturated rings. The lowest BCUT2D eigenvalue weighted by Gasteiger charge is -2.09. The molecular weight excluding hydrogens is 339 g/mol. The number of nitrogens with one attached hydrogen (secondary N) is 1. The van der Waals surface area contributed by atoms with Gasteiger partial charge in [-0.25, -0.2) is 14.4 Å². The molecule has 0 aliphatic heterocycles. The highest BCUT2D eigenvalue weighted by Crippen LogP contribution is 2.27. The number of ether oxygens (including phenoxy) is 1. The summed E-state index contributed by atoms with van der Waals surface area (Å²) in [6.45, 7) is 1.49. The van der Waals surface area contributed by atoms with Gasteiger partial charge < -0.3 is 20.6 Å². The summed E-state index contributed by atoms with van der Waals surface area (Å²) in [4.78, 5) is 22.2. The zero-order valence-corrected chi connectivity index (χ0v) is 13.9. The van der Waals surface area contributed by atoms with Crippen molar-refractivity contribution in [2.24, 2.45) is 5.73 Å². The largest absolute Gasteiger partial charge is 0.473 e. The highest BCUT2D eigenvalue weighted by atomic mass is 19.1. The van der Waals surface area contributed by atoms with Gasteiger partial charge in [-0.2, -0.15) is 0 Å². The van der Waals surface area contributed by atoms with E-state index in [1.807, 2.05) is 6.07 Å². The van der Waals surface area contributed by atoms with Crippen LogP contribution in [0.3, 0.4) is 0 Å². The van der Waals surface area contributed by atoms with Crippen LogP contribution in [0.4, 0.5) is 4.39 Å². The molecule has 0 aliphatic rings. The first kappa shape index (κ1) is 17.6. The Balaban J connectivity index is 1.93. The van der Waals surface area contributed by atoms with E-state index in [-0.39, 0.29) is 12.5 Å². The molecule has 3 aromatic rings. The van der Waals surface area contributed by atoms with Crippen molar-refractivity contribution in [1.82, 2.24) is 15.0 Å². The Labute approximate surface area is 148 Å². The van der Waals surface area contributed by atoms with Crippen molar-refractivity contribution in [2.75, 3.05) is 6.61 Å². The lowest BCUT2D eigenvalue weighted by molar-refractivity contribution is -0.113. The predicted octanol–water partition coefficient (Wildman–Crippen LogP) is 2.02. The van der Waals surface area contributed by atoms with E-state index in [0.717, 1.165) is 10.9 Å². The molecule has 0 spiro atoms. The van der Waals surface area contributed by atoms with E-state index >= 15 is 0 Å². The van der Waals surface area contributed by atoms with Crippen LogP contribution in [0.5, 0.6) is 5.88 Å². The number of halogens is 1. The number of hydrogen-bond acceptors (Lipinski definition) is 5. The number of primary amides is 1. The molecule has 0 radical (unpaired) electrons. The average molecular weight is 356 g/mol. The summed E-state index contributed by atoms with van der Waals surface area (Å²) in [5.74, 6) is -1.36. The third-order valence-electron chi connectivity index (χ3n) is 3.59. The van der Waals surface area contributed by atoms with Crippen LogP contribution in [-0.2, 0) is 4.79 Å². The molecule has 26 heavy (non-hydrogen) atoms. The van der Waals surface area contributed by atoms with Gasteiger partial charge in [0, 0.05) is 46.7 Å². The molecule has 4 N–H and O–H groups in total. The molecule has 1 atom stereocenters. The number of aliphatic hydroxyl groups is 1. The standard InChI is InChI=1S/C18H17FN4O3/c1-10(24)9-26-18-15(19)5-13(8-23-18)12-4-14-11(2-3-16(20)25)6-21-17(14)22-7-12/h2-8,10,24H,9H2,1H3,(H2,20,25)(H,21,22)/t10-/m1/s1. The summed E-state index contributed by atoms with van der Waals surface area (Å²) in [5.41, 5.74) is 7.65. The quantitative estimate of drug-likeness (QED) is 0.585. The number of rotatable bonds is 6. The highest BCUT2D eigenvalue weighted by molar-refractivity contribution is 5.95. The van der Waals surface area contributed by atoms with Crippen molar-refractivity contribution in [3.8, 4) is 17.0 Å². The number of nitrogens with two attached hydrogens (primary N) is 1. The van der Waals surface area contributed by atoms with Gasteiger partial charge in [0.2, 0.25) is 11.8 Å². The van der Waals surface area contributed by atoms with Gasteiger partial charge >= 0.3 is 0 Å². The molecule has 3 aromatic heterocycles. The molecule has 0 bridgehead atoms. The molecule has 0 saturated heterocycles. The zero-order chi connectivity index (χ0) is 18.7. The van der Waals surface area contributed by atoms with Gasteiger partial charge in [-0.05, 0) is 25.1 Å². The SMILES string of the molecule is C[C@@H](O)COc1ncc(-c2cnc3[nH]cc(C=CC(N)=O)c3c2)cc1F. The van der Waals surface area contributed by atoms with Crippen LogP contribution in [0.1, 0.15) is 12.5 Å². The number of pyridine rings is 2. The van der Waals surface area contributed by atoms with E-state index in [9.17, 15) is 14.3 Å². The van der Waals surface area contributed by atoms with Crippen molar-refractivity contribution in [1.29, 1.82) is 0 Å². The minimum Gasteiger partial charge on any atom is -0.473 e. The number of aliphatic hydroxyl groups excluding tert-OH is 1. The van der Waals surface area contributed by atoms with Crippen LogP contribution in [0.2, 0.25) is 0 Å². The van der Waals surface area contributed by atoms with E-state index in [0.29, 0.717) is 16.8 Å².